The first-order valence-corrected chi connectivity index (χ1v) is 8.99. The van der Waals surface area contributed by atoms with Gasteiger partial charge in [-0.05, 0) is 13.0 Å². The Morgan fingerprint density at radius 2 is 1.04 bits per heavy atom. The van der Waals surface area contributed by atoms with Crippen LogP contribution in [-0.4, -0.2) is 29.0 Å². The van der Waals surface area contributed by atoms with Gasteiger partial charge in [0.2, 0.25) is 0 Å². The summed E-state index contributed by atoms with van der Waals surface area (Å²) in [6.45, 7) is 14.9. The molecule has 0 saturated heterocycles. The standard InChI is InChI=1S/C9H10O.3C4H10.Sn/c1-2-9(10)8-6-4-3-5-7-8;3*1-3-4-2;/h2-7,10H,1H3;3*3-4H2,1-2H3;/b9-2-;;;;. The fourth-order valence-electron chi connectivity index (χ4n) is 0.776. The Bertz CT molecular complexity index is 291. The molecule has 0 aliphatic carbocycles. The second-order valence-corrected chi connectivity index (χ2v) is 5.04. The third-order valence-corrected chi connectivity index (χ3v) is 2.84. The number of hydrogen-bond acceptors (Lipinski definition) is 1. The van der Waals surface area contributed by atoms with Crippen LogP contribution >= 0.6 is 0 Å². The molecule has 0 fully saturated rings. The van der Waals surface area contributed by atoms with Crippen LogP contribution in [-0.2, 0) is 0 Å². The largest absolute Gasteiger partial charge is 0.508 e. The molecule has 1 aromatic carbocycles. The van der Waals surface area contributed by atoms with Gasteiger partial charge in [0.15, 0.2) is 0 Å². The number of allylic oxidation sites excluding steroid dienone is 1. The van der Waals surface area contributed by atoms with E-state index in [4.69, 9.17) is 0 Å². The maximum absolute atomic E-state index is 9.19. The van der Waals surface area contributed by atoms with Crippen molar-refractivity contribution in [1.29, 1.82) is 0 Å². The minimum absolute atomic E-state index is 0. The molecule has 2 heteroatoms. The smallest absolute Gasteiger partial charge is 0.118 e. The third kappa shape index (κ3) is 30.1. The molecule has 0 amide bonds. The quantitative estimate of drug-likeness (QED) is 0.387. The molecule has 0 saturated carbocycles. The molecular weight excluding hydrogens is 387 g/mol. The van der Waals surface area contributed by atoms with Crippen LogP contribution in [0.15, 0.2) is 36.4 Å². The number of hydrogen-bond donors (Lipinski definition) is 1. The minimum atomic E-state index is 0. The van der Waals surface area contributed by atoms with Crippen molar-refractivity contribution < 1.29 is 5.11 Å². The normalized spacial score (nSPS) is 8.91. The van der Waals surface area contributed by atoms with Gasteiger partial charge < -0.3 is 5.11 Å². The van der Waals surface area contributed by atoms with E-state index >= 15 is 0 Å². The zero-order valence-electron chi connectivity index (χ0n) is 16.7. The van der Waals surface area contributed by atoms with Gasteiger partial charge in [0.05, 0.1) is 0 Å². The van der Waals surface area contributed by atoms with Crippen molar-refractivity contribution in [3.63, 3.8) is 0 Å². The van der Waals surface area contributed by atoms with E-state index in [1.54, 1.807) is 6.08 Å². The van der Waals surface area contributed by atoms with Crippen molar-refractivity contribution in [1.82, 2.24) is 0 Å². The average molecular weight is 427 g/mol. The summed E-state index contributed by atoms with van der Waals surface area (Å²) >= 11 is 0. The molecule has 1 N–H and O–H groups in total. The second kappa shape index (κ2) is 29.6. The summed E-state index contributed by atoms with van der Waals surface area (Å²) in [5.74, 6) is 0.334. The van der Waals surface area contributed by atoms with Crippen LogP contribution in [0, 0.1) is 0 Å². The molecule has 1 aromatic rings. The van der Waals surface area contributed by atoms with Gasteiger partial charge in [0.25, 0.3) is 0 Å². The summed E-state index contributed by atoms with van der Waals surface area (Å²) in [6, 6.07) is 9.46. The van der Waals surface area contributed by atoms with Gasteiger partial charge in [-0.15, -0.1) is 0 Å². The molecule has 4 radical (unpaired) electrons. The number of benzene rings is 1. The van der Waals surface area contributed by atoms with Crippen LogP contribution in [0.3, 0.4) is 0 Å². The van der Waals surface area contributed by atoms with E-state index in [9.17, 15) is 5.11 Å². The van der Waals surface area contributed by atoms with Gasteiger partial charge >= 0.3 is 0 Å². The van der Waals surface area contributed by atoms with Gasteiger partial charge in [0.1, 0.15) is 5.76 Å². The van der Waals surface area contributed by atoms with E-state index in [2.05, 4.69) is 41.5 Å². The Balaban J connectivity index is -0.000000118. The predicted molar refractivity (Wildman–Crippen MR) is 110 cm³/mol. The Labute approximate surface area is 163 Å². The Morgan fingerprint density at radius 1 is 0.739 bits per heavy atom. The molecule has 23 heavy (non-hydrogen) atoms. The van der Waals surface area contributed by atoms with Gasteiger partial charge in [-0.25, -0.2) is 0 Å². The van der Waals surface area contributed by atoms with Crippen LogP contribution in [0.25, 0.3) is 5.76 Å². The molecule has 0 heterocycles. The first-order valence-electron chi connectivity index (χ1n) is 8.99. The molecule has 134 valence electrons. The van der Waals surface area contributed by atoms with Crippen LogP contribution in [0.2, 0.25) is 0 Å². The SMILES string of the molecule is C/C=C(\O)c1ccccc1.CCCC.CCCC.CCCC.[Sn]. The molecule has 1 rings (SSSR count). The maximum Gasteiger partial charge on any atom is 0.118 e. The van der Waals surface area contributed by atoms with E-state index in [0.717, 1.165) is 5.56 Å². The number of rotatable bonds is 4. The molecule has 0 aromatic heterocycles. The molecule has 0 atom stereocenters. The van der Waals surface area contributed by atoms with E-state index in [0.29, 0.717) is 5.76 Å². The number of aliphatic hydroxyl groups is 1. The maximum atomic E-state index is 9.19. The van der Waals surface area contributed by atoms with Gasteiger partial charge in [-0.2, -0.15) is 0 Å². The predicted octanol–water partition coefficient (Wildman–Crippen LogP) is 7.64. The van der Waals surface area contributed by atoms with E-state index in [1.165, 1.54) is 38.5 Å². The molecule has 0 aliphatic heterocycles. The summed E-state index contributed by atoms with van der Waals surface area (Å²) in [7, 11) is 0. The van der Waals surface area contributed by atoms with Crippen molar-refractivity contribution in [3.05, 3.63) is 42.0 Å². The molecule has 0 aliphatic rings. The zero-order chi connectivity index (χ0) is 17.6. The van der Waals surface area contributed by atoms with Crippen molar-refractivity contribution >= 4 is 29.7 Å². The van der Waals surface area contributed by atoms with Crippen LogP contribution in [0.1, 0.15) is 92.6 Å². The van der Waals surface area contributed by atoms with Crippen molar-refractivity contribution in [2.45, 2.75) is 87.0 Å². The summed E-state index contributed by atoms with van der Waals surface area (Å²) in [6.07, 6.45) is 9.59. The number of unbranched alkanes of at least 4 members (excludes halogenated alkanes) is 3. The minimum Gasteiger partial charge on any atom is -0.508 e. The zero-order valence-corrected chi connectivity index (χ0v) is 19.5. The number of aliphatic hydroxyl groups excluding tert-OH is 1. The third-order valence-electron chi connectivity index (χ3n) is 2.84. The summed E-state index contributed by atoms with van der Waals surface area (Å²) < 4.78 is 0. The van der Waals surface area contributed by atoms with Crippen LogP contribution in [0.5, 0.6) is 0 Å². The second-order valence-electron chi connectivity index (χ2n) is 5.04. The van der Waals surface area contributed by atoms with Crippen molar-refractivity contribution in [2.75, 3.05) is 0 Å². The van der Waals surface area contributed by atoms with Crippen LogP contribution in [0.4, 0.5) is 0 Å². The molecule has 1 nitrogen and oxygen atoms in total. The topological polar surface area (TPSA) is 20.2 Å². The van der Waals surface area contributed by atoms with E-state index in [-0.39, 0.29) is 23.9 Å². The first-order chi connectivity index (χ1) is 10.6. The molecule has 0 spiro atoms. The van der Waals surface area contributed by atoms with Gasteiger partial charge in [0, 0.05) is 29.5 Å². The summed E-state index contributed by atoms with van der Waals surface area (Å²) in [5.41, 5.74) is 0.866. The monoisotopic (exact) mass is 428 g/mol. The van der Waals surface area contributed by atoms with E-state index in [1.807, 2.05) is 37.3 Å². The molecular formula is C21H40OSn. The first kappa shape index (κ1) is 30.4. The summed E-state index contributed by atoms with van der Waals surface area (Å²) in [5, 5.41) is 9.19. The fourth-order valence-corrected chi connectivity index (χ4v) is 0.776. The molecule has 0 unspecified atom stereocenters. The Morgan fingerprint density at radius 3 is 1.26 bits per heavy atom. The van der Waals surface area contributed by atoms with Crippen molar-refractivity contribution in [2.24, 2.45) is 0 Å². The van der Waals surface area contributed by atoms with Gasteiger partial charge in [-0.1, -0.05) is 110 Å². The van der Waals surface area contributed by atoms with Crippen molar-refractivity contribution in [3.8, 4) is 0 Å². The Kier molecular flexibility index (Phi) is 39.1. The average Bonchev–Trinajstić information content (AvgIpc) is 2.62. The summed E-state index contributed by atoms with van der Waals surface area (Å²) in [4.78, 5) is 0. The van der Waals surface area contributed by atoms with Gasteiger partial charge in [-0.3, -0.25) is 0 Å². The Hall–Kier alpha value is -0.441. The van der Waals surface area contributed by atoms with Crippen LogP contribution < -0.4 is 0 Å². The van der Waals surface area contributed by atoms with E-state index < -0.39 is 0 Å². The molecule has 0 bridgehead atoms. The fraction of sp³-hybridized carbons (Fsp3) is 0.619.